The first kappa shape index (κ1) is 25.6. The normalized spacial score (nSPS) is 26.0. The maximum Gasteiger partial charge on any atom is 0.254 e. The zero-order valence-corrected chi connectivity index (χ0v) is 23.2. The Morgan fingerprint density at radius 1 is 1.00 bits per heavy atom. The topological polar surface area (TPSA) is 69.4 Å². The van der Waals surface area contributed by atoms with Crippen LogP contribution in [-0.4, -0.2) is 74.6 Å². The smallest absolute Gasteiger partial charge is 0.254 e. The number of imidazole rings is 1. The van der Waals surface area contributed by atoms with Crippen molar-refractivity contribution in [3.05, 3.63) is 65.5 Å². The Labute approximate surface area is 238 Å². The van der Waals surface area contributed by atoms with Crippen LogP contribution in [0.15, 0.2) is 43.1 Å². The monoisotopic (exact) mass is 562 g/mol. The number of likely N-dealkylation sites (tertiary alicyclic amines) is 1. The van der Waals surface area contributed by atoms with E-state index in [1.165, 1.54) is 0 Å². The Morgan fingerprint density at radius 3 is 2.54 bits per heavy atom. The number of rotatable bonds is 5. The van der Waals surface area contributed by atoms with Crippen LogP contribution in [0.4, 0.5) is 14.5 Å². The number of anilines is 1. The molecule has 0 bridgehead atoms. The average molecular weight is 563 g/mol. The highest BCUT2D eigenvalue weighted by atomic mass is 19.3. The SMILES string of the molecule is OC1c2cncc(N3CC4(CCOCC4)C3)c2C=CN1Cc1cn2cc(CN3CCC4(CC3)CC4(F)F)ccc2n1. The minimum atomic E-state index is -2.45. The number of halogens is 2. The van der Waals surface area contributed by atoms with E-state index >= 15 is 0 Å². The lowest BCUT2D eigenvalue weighted by Gasteiger charge is -2.53. The molecule has 3 saturated heterocycles. The molecule has 0 radical (unpaired) electrons. The predicted molar refractivity (Wildman–Crippen MR) is 150 cm³/mol. The Hall–Kier alpha value is -3.08. The number of piperidine rings is 1. The van der Waals surface area contributed by atoms with Gasteiger partial charge in [0.2, 0.25) is 0 Å². The standard InChI is InChI=1S/C31H36F2N6O2/c32-31(33)19-30(31)4-9-36(10-5-30)15-22-1-2-27-35-23(18-38(27)16-22)17-37-8-3-24-25(28(37)40)13-34-14-26(24)39-20-29(21-39)6-11-41-12-7-29/h1-3,8,13-14,16,18,28,40H,4-7,9-12,15,17,19-21H2. The van der Waals surface area contributed by atoms with Crippen molar-refractivity contribution in [2.24, 2.45) is 10.8 Å². The largest absolute Gasteiger partial charge is 0.381 e. The molecule has 8 rings (SSSR count). The molecule has 4 aliphatic heterocycles. The van der Waals surface area contributed by atoms with Crippen LogP contribution in [0.5, 0.6) is 0 Å². The first-order chi connectivity index (χ1) is 19.8. The van der Waals surface area contributed by atoms with Gasteiger partial charge >= 0.3 is 0 Å². The summed E-state index contributed by atoms with van der Waals surface area (Å²) in [7, 11) is 0. The summed E-state index contributed by atoms with van der Waals surface area (Å²) in [6, 6.07) is 4.08. The minimum absolute atomic E-state index is 0.0665. The fourth-order valence-electron chi connectivity index (χ4n) is 7.51. The number of aromatic nitrogens is 3. The molecule has 2 spiro atoms. The number of hydrogen-bond donors (Lipinski definition) is 1. The van der Waals surface area contributed by atoms with Gasteiger partial charge in [-0.1, -0.05) is 6.07 Å². The highest BCUT2D eigenvalue weighted by Crippen LogP contribution is 2.65. The molecule has 0 amide bonds. The third kappa shape index (κ3) is 4.33. The molecule has 3 aromatic rings. The Morgan fingerprint density at radius 2 is 1.78 bits per heavy atom. The summed E-state index contributed by atoms with van der Waals surface area (Å²) in [5, 5.41) is 11.3. The Balaban J connectivity index is 0.933. The highest BCUT2D eigenvalue weighted by Gasteiger charge is 2.70. The molecule has 1 aliphatic carbocycles. The van der Waals surface area contributed by atoms with E-state index in [0.29, 0.717) is 37.9 Å². The van der Waals surface area contributed by atoms with Crippen LogP contribution < -0.4 is 4.90 Å². The molecule has 3 aromatic heterocycles. The van der Waals surface area contributed by atoms with Crippen molar-refractivity contribution in [3.63, 3.8) is 0 Å². The second kappa shape index (κ2) is 9.21. The zero-order chi connectivity index (χ0) is 27.8. The van der Waals surface area contributed by atoms with E-state index in [1.807, 2.05) is 34.0 Å². The summed E-state index contributed by atoms with van der Waals surface area (Å²) in [5.41, 5.74) is 5.43. The quantitative estimate of drug-likeness (QED) is 0.493. The second-order valence-electron chi connectivity index (χ2n) is 13.0. The fraction of sp³-hybridized carbons (Fsp3) is 0.548. The number of alkyl halides is 2. The predicted octanol–water partition coefficient (Wildman–Crippen LogP) is 4.44. The van der Waals surface area contributed by atoms with Crippen LogP contribution in [0.1, 0.15) is 60.7 Å². The van der Waals surface area contributed by atoms with Crippen LogP contribution >= 0.6 is 0 Å². The van der Waals surface area contributed by atoms with Gasteiger partial charge in [-0.15, -0.1) is 0 Å². The number of hydrogen-bond acceptors (Lipinski definition) is 7. The van der Waals surface area contributed by atoms with Gasteiger partial charge in [-0.2, -0.15) is 0 Å². The number of aliphatic hydroxyl groups is 1. The zero-order valence-electron chi connectivity index (χ0n) is 23.2. The van der Waals surface area contributed by atoms with Crippen molar-refractivity contribution >= 4 is 17.4 Å². The molecule has 216 valence electrons. The van der Waals surface area contributed by atoms with Crippen LogP contribution in [-0.2, 0) is 17.8 Å². The summed E-state index contributed by atoms with van der Waals surface area (Å²) >= 11 is 0. The van der Waals surface area contributed by atoms with Crippen LogP contribution in [0, 0.1) is 10.8 Å². The summed E-state index contributed by atoms with van der Waals surface area (Å²) in [6.45, 7) is 6.37. The summed E-state index contributed by atoms with van der Waals surface area (Å²) in [6.07, 6.45) is 14.5. The third-order valence-corrected chi connectivity index (χ3v) is 10.3. The van der Waals surface area contributed by atoms with Crippen molar-refractivity contribution in [2.45, 2.75) is 57.3 Å². The molecule has 0 aromatic carbocycles. The van der Waals surface area contributed by atoms with Crippen molar-refractivity contribution in [1.29, 1.82) is 0 Å². The average Bonchev–Trinajstić information content (AvgIpc) is 3.26. The molecule has 7 heterocycles. The van der Waals surface area contributed by atoms with Gasteiger partial charge in [0.15, 0.2) is 6.23 Å². The molecule has 8 nitrogen and oxygen atoms in total. The first-order valence-corrected chi connectivity index (χ1v) is 14.8. The van der Waals surface area contributed by atoms with E-state index in [9.17, 15) is 13.9 Å². The van der Waals surface area contributed by atoms with Crippen LogP contribution in [0.25, 0.3) is 11.7 Å². The maximum absolute atomic E-state index is 13.7. The number of nitrogens with zero attached hydrogens (tertiary/aromatic N) is 6. The molecule has 10 heteroatoms. The van der Waals surface area contributed by atoms with E-state index in [4.69, 9.17) is 9.72 Å². The van der Waals surface area contributed by atoms with Crippen molar-refractivity contribution in [2.75, 3.05) is 44.3 Å². The van der Waals surface area contributed by atoms with Gasteiger partial charge in [-0.05, 0) is 56.5 Å². The fourth-order valence-corrected chi connectivity index (χ4v) is 7.51. The van der Waals surface area contributed by atoms with Crippen molar-refractivity contribution < 1.29 is 18.6 Å². The summed E-state index contributed by atoms with van der Waals surface area (Å²) in [4.78, 5) is 15.8. The molecule has 1 saturated carbocycles. The molecular weight excluding hydrogens is 526 g/mol. The molecule has 1 atom stereocenters. The number of ether oxygens (including phenoxy) is 1. The number of aliphatic hydroxyl groups excluding tert-OH is 1. The van der Waals surface area contributed by atoms with Gasteiger partial charge in [-0.25, -0.2) is 13.8 Å². The van der Waals surface area contributed by atoms with Crippen molar-refractivity contribution in [1.82, 2.24) is 24.2 Å². The molecular formula is C31H36F2N6O2. The van der Waals surface area contributed by atoms with Gasteiger partial charge in [-0.3, -0.25) is 9.88 Å². The van der Waals surface area contributed by atoms with E-state index in [2.05, 4.69) is 33.1 Å². The first-order valence-electron chi connectivity index (χ1n) is 14.8. The van der Waals surface area contributed by atoms with Gasteiger partial charge in [0.25, 0.3) is 5.92 Å². The van der Waals surface area contributed by atoms with E-state index in [-0.39, 0.29) is 6.42 Å². The molecule has 1 unspecified atom stereocenters. The highest BCUT2D eigenvalue weighted by molar-refractivity contribution is 5.72. The molecule has 4 fully saturated rings. The van der Waals surface area contributed by atoms with Crippen LogP contribution in [0.2, 0.25) is 0 Å². The molecule has 1 N–H and O–H groups in total. The van der Waals surface area contributed by atoms with E-state index in [0.717, 1.165) is 79.4 Å². The van der Waals surface area contributed by atoms with Gasteiger partial charge < -0.3 is 24.0 Å². The maximum atomic E-state index is 13.7. The number of pyridine rings is 2. The van der Waals surface area contributed by atoms with Gasteiger partial charge in [0.05, 0.1) is 24.1 Å². The lowest BCUT2D eigenvalue weighted by Crippen LogP contribution is -2.58. The van der Waals surface area contributed by atoms with E-state index in [1.54, 1.807) is 6.20 Å². The lowest BCUT2D eigenvalue weighted by atomic mass is 9.73. The van der Waals surface area contributed by atoms with Gasteiger partial charge in [0, 0.05) is 86.0 Å². The summed E-state index contributed by atoms with van der Waals surface area (Å²) < 4.78 is 35.1. The van der Waals surface area contributed by atoms with E-state index < -0.39 is 17.6 Å². The summed E-state index contributed by atoms with van der Waals surface area (Å²) in [5.74, 6) is -2.45. The lowest BCUT2D eigenvalue weighted by molar-refractivity contribution is -0.000331. The molecule has 41 heavy (non-hydrogen) atoms. The Kier molecular flexibility index (Phi) is 5.75. The number of fused-ring (bicyclic) bond motifs is 2. The second-order valence-corrected chi connectivity index (χ2v) is 13.0. The van der Waals surface area contributed by atoms with Crippen LogP contribution in [0.3, 0.4) is 0 Å². The minimum Gasteiger partial charge on any atom is -0.381 e. The Bertz CT molecular complexity index is 1500. The van der Waals surface area contributed by atoms with Crippen molar-refractivity contribution in [3.8, 4) is 0 Å². The molecule has 5 aliphatic rings. The van der Waals surface area contributed by atoms with Gasteiger partial charge in [0.1, 0.15) is 5.65 Å². The third-order valence-electron chi connectivity index (χ3n) is 10.3.